The topological polar surface area (TPSA) is 73.6 Å². The van der Waals surface area contributed by atoms with E-state index in [4.69, 9.17) is 15.2 Å². The molecule has 0 fully saturated rings. The quantitative estimate of drug-likeness (QED) is 0.683. The van der Waals surface area contributed by atoms with Crippen LogP contribution in [-0.4, -0.2) is 45.4 Å². The molecule has 5 heteroatoms. The second-order valence-electron chi connectivity index (χ2n) is 4.90. The molecule has 0 radical (unpaired) electrons. The maximum Gasteiger partial charge on any atom is 0.237 e. The van der Waals surface area contributed by atoms with Crippen LogP contribution in [0.25, 0.3) is 0 Å². The molecule has 0 aromatic carbocycles. The van der Waals surface area contributed by atoms with E-state index in [-0.39, 0.29) is 17.4 Å². The summed E-state index contributed by atoms with van der Waals surface area (Å²) in [4.78, 5) is 11.7. The van der Waals surface area contributed by atoms with Gasteiger partial charge in [-0.3, -0.25) is 4.79 Å². The monoisotopic (exact) mass is 232 g/mol. The van der Waals surface area contributed by atoms with Crippen LogP contribution < -0.4 is 11.1 Å². The smallest absolute Gasteiger partial charge is 0.237 e. The Morgan fingerprint density at radius 1 is 1.38 bits per heavy atom. The van der Waals surface area contributed by atoms with Crippen LogP contribution in [-0.2, 0) is 14.3 Å². The summed E-state index contributed by atoms with van der Waals surface area (Å²) in [5.74, 6) is -0.161. The van der Waals surface area contributed by atoms with E-state index in [0.717, 1.165) is 0 Å². The van der Waals surface area contributed by atoms with Crippen molar-refractivity contribution in [1.29, 1.82) is 0 Å². The van der Waals surface area contributed by atoms with Crippen LogP contribution in [0.4, 0.5) is 0 Å². The normalized spacial score (nSPS) is 15.6. The van der Waals surface area contributed by atoms with E-state index < -0.39 is 6.04 Å². The summed E-state index contributed by atoms with van der Waals surface area (Å²) in [6.45, 7) is 6.65. The van der Waals surface area contributed by atoms with Crippen molar-refractivity contribution in [3.63, 3.8) is 0 Å². The summed E-state index contributed by atoms with van der Waals surface area (Å²) < 4.78 is 10.1. The predicted octanol–water partition coefficient (Wildman–Crippen LogP) is 0.137. The molecule has 0 aromatic heterocycles. The molecule has 0 saturated heterocycles. The third kappa shape index (κ3) is 5.44. The van der Waals surface area contributed by atoms with Gasteiger partial charge >= 0.3 is 0 Å². The van der Waals surface area contributed by atoms with Crippen LogP contribution in [0.5, 0.6) is 0 Å². The van der Waals surface area contributed by atoms with Crippen LogP contribution in [0.1, 0.15) is 20.8 Å². The lowest BCUT2D eigenvalue weighted by atomic mass is 9.87. The van der Waals surface area contributed by atoms with Gasteiger partial charge in [-0.25, -0.2) is 0 Å². The Labute approximate surface area is 97.7 Å². The molecule has 0 heterocycles. The molecule has 0 aromatic rings. The zero-order valence-electron chi connectivity index (χ0n) is 10.9. The van der Waals surface area contributed by atoms with E-state index in [0.29, 0.717) is 13.2 Å². The first-order valence-electron chi connectivity index (χ1n) is 5.38. The molecule has 0 rings (SSSR count). The zero-order chi connectivity index (χ0) is 12.8. The number of hydrogen-bond acceptors (Lipinski definition) is 4. The molecule has 0 spiro atoms. The number of hydrogen-bond donors (Lipinski definition) is 2. The number of methoxy groups -OCH3 is 2. The van der Waals surface area contributed by atoms with E-state index in [1.165, 1.54) is 0 Å². The Kier molecular flexibility index (Phi) is 6.55. The molecular weight excluding hydrogens is 208 g/mol. The fourth-order valence-corrected chi connectivity index (χ4v) is 1.11. The van der Waals surface area contributed by atoms with Crippen molar-refractivity contribution in [3.05, 3.63) is 0 Å². The van der Waals surface area contributed by atoms with Crippen molar-refractivity contribution in [3.8, 4) is 0 Å². The lowest BCUT2D eigenvalue weighted by molar-refractivity contribution is -0.125. The molecule has 3 N–H and O–H groups in total. The Morgan fingerprint density at radius 3 is 2.31 bits per heavy atom. The van der Waals surface area contributed by atoms with Gasteiger partial charge in [-0.1, -0.05) is 20.8 Å². The first-order chi connectivity index (χ1) is 7.32. The van der Waals surface area contributed by atoms with Crippen molar-refractivity contribution in [2.24, 2.45) is 11.1 Å². The molecule has 1 amide bonds. The van der Waals surface area contributed by atoms with Gasteiger partial charge in [-0.15, -0.1) is 0 Å². The van der Waals surface area contributed by atoms with Crippen LogP contribution in [0.15, 0.2) is 0 Å². The SMILES string of the molecule is COCC(CNC(=O)[C@H](N)C(C)(C)C)OC. The van der Waals surface area contributed by atoms with Crippen LogP contribution >= 0.6 is 0 Å². The highest BCUT2D eigenvalue weighted by atomic mass is 16.5. The van der Waals surface area contributed by atoms with E-state index in [9.17, 15) is 4.79 Å². The Morgan fingerprint density at radius 2 is 1.94 bits per heavy atom. The average molecular weight is 232 g/mol. The third-order valence-corrected chi connectivity index (χ3v) is 2.41. The second-order valence-corrected chi connectivity index (χ2v) is 4.90. The van der Waals surface area contributed by atoms with E-state index in [1.54, 1.807) is 14.2 Å². The molecule has 96 valence electrons. The fourth-order valence-electron chi connectivity index (χ4n) is 1.11. The van der Waals surface area contributed by atoms with Gasteiger partial charge < -0.3 is 20.5 Å². The van der Waals surface area contributed by atoms with Crippen molar-refractivity contribution in [1.82, 2.24) is 5.32 Å². The van der Waals surface area contributed by atoms with E-state index >= 15 is 0 Å². The van der Waals surface area contributed by atoms with Crippen molar-refractivity contribution >= 4 is 5.91 Å². The van der Waals surface area contributed by atoms with Gasteiger partial charge in [-0.2, -0.15) is 0 Å². The molecule has 1 unspecified atom stereocenters. The van der Waals surface area contributed by atoms with Crippen molar-refractivity contribution < 1.29 is 14.3 Å². The highest BCUT2D eigenvalue weighted by Crippen LogP contribution is 2.17. The van der Waals surface area contributed by atoms with Gasteiger partial charge in [0.1, 0.15) is 0 Å². The van der Waals surface area contributed by atoms with Gasteiger partial charge in [0, 0.05) is 20.8 Å². The third-order valence-electron chi connectivity index (χ3n) is 2.41. The molecule has 5 nitrogen and oxygen atoms in total. The number of ether oxygens (including phenoxy) is 2. The molecule has 2 atom stereocenters. The van der Waals surface area contributed by atoms with Gasteiger partial charge in [0.2, 0.25) is 5.91 Å². The number of nitrogens with two attached hydrogens (primary N) is 1. The van der Waals surface area contributed by atoms with Gasteiger partial charge in [0.25, 0.3) is 0 Å². The highest BCUT2D eigenvalue weighted by molar-refractivity contribution is 5.82. The van der Waals surface area contributed by atoms with Crippen molar-refractivity contribution in [2.45, 2.75) is 32.9 Å². The van der Waals surface area contributed by atoms with Crippen LogP contribution in [0, 0.1) is 5.41 Å². The van der Waals surface area contributed by atoms with Gasteiger partial charge in [-0.05, 0) is 5.41 Å². The van der Waals surface area contributed by atoms with E-state index in [1.807, 2.05) is 20.8 Å². The first-order valence-corrected chi connectivity index (χ1v) is 5.38. The summed E-state index contributed by atoms with van der Waals surface area (Å²) in [5, 5.41) is 2.76. The number of carbonyl (C=O) groups is 1. The number of amides is 1. The van der Waals surface area contributed by atoms with Crippen LogP contribution in [0.3, 0.4) is 0 Å². The molecule has 0 aliphatic carbocycles. The average Bonchev–Trinajstić information content (AvgIpc) is 2.21. The first kappa shape index (κ1) is 15.3. The lowest BCUT2D eigenvalue weighted by Crippen LogP contribution is -2.50. The van der Waals surface area contributed by atoms with Crippen molar-refractivity contribution in [2.75, 3.05) is 27.4 Å². The molecule has 0 aliphatic heterocycles. The standard InChI is InChI=1S/C11H24N2O3/c1-11(2,3)9(12)10(14)13-6-8(16-5)7-15-4/h8-9H,6-7,12H2,1-5H3,(H,13,14)/t8?,9-/m0/s1. The number of carbonyl (C=O) groups excluding carboxylic acids is 1. The molecule has 0 saturated carbocycles. The molecule has 0 aliphatic rings. The zero-order valence-corrected chi connectivity index (χ0v) is 10.9. The number of rotatable bonds is 6. The van der Waals surface area contributed by atoms with Gasteiger partial charge in [0.05, 0.1) is 18.8 Å². The van der Waals surface area contributed by atoms with E-state index in [2.05, 4.69) is 5.32 Å². The minimum absolute atomic E-state index is 0.138. The minimum atomic E-state index is -0.521. The fraction of sp³-hybridized carbons (Fsp3) is 0.909. The maximum absolute atomic E-state index is 11.7. The molecule has 0 bridgehead atoms. The summed E-state index contributed by atoms with van der Waals surface area (Å²) in [5.41, 5.74) is 5.57. The number of nitrogens with one attached hydrogen (secondary N) is 1. The largest absolute Gasteiger partial charge is 0.382 e. The predicted molar refractivity (Wildman–Crippen MR) is 63.1 cm³/mol. The maximum atomic E-state index is 11.7. The summed E-state index contributed by atoms with van der Waals surface area (Å²) in [7, 11) is 3.17. The Hall–Kier alpha value is -0.650. The summed E-state index contributed by atoms with van der Waals surface area (Å²) in [6.07, 6.45) is -0.138. The molecular formula is C11H24N2O3. The summed E-state index contributed by atoms with van der Waals surface area (Å²) >= 11 is 0. The summed E-state index contributed by atoms with van der Waals surface area (Å²) in [6, 6.07) is -0.521. The molecule has 16 heavy (non-hydrogen) atoms. The second kappa shape index (κ2) is 6.83. The lowest BCUT2D eigenvalue weighted by Gasteiger charge is -2.26. The minimum Gasteiger partial charge on any atom is -0.382 e. The highest BCUT2D eigenvalue weighted by Gasteiger charge is 2.27. The van der Waals surface area contributed by atoms with Gasteiger partial charge in [0.15, 0.2) is 0 Å². The Balaban J connectivity index is 4.06. The van der Waals surface area contributed by atoms with Crippen LogP contribution in [0.2, 0.25) is 0 Å². The Bertz CT molecular complexity index is 214.